The maximum atomic E-state index is 12.8. The normalized spacial score (nSPS) is 12.0. The van der Waals surface area contributed by atoms with Crippen molar-refractivity contribution in [1.82, 2.24) is 5.32 Å². The quantitative estimate of drug-likeness (QED) is 0.737. The van der Waals surface area contributed by atoms with E-state index in [2.05, 4.69) is 24.5 Å². The highest BCUT2D eigenvalue weighted by Crippen LogP contribution is 2.18. The van der Waals surface area contributed by atoms with Crippen molar-refractivity contribution >= 4 is 23.6 Å². The first-order valence-electron chi connectivity index (χ1n) is 9.16. The number of para-hydroxylation sites is 1. The molecule has 2 aromatic rings. The van der Waals surface area contributed by atoms with E-state index in [0.717, 1.165) is 5.56 Å². The van der Waals surface area contributed by atoms with Gasteiger partial charge in [-0.1, -0.05) is 77.1 Å². The summed E-state index contributed by atoms with van der Waals surface area (Å²) in [5.41, 5.74) is 2.37. The zero-order chi connectivity index (χ0) is 20.0. The summed E-state index contributed by atoms with van der Waals surface area (Å²) in [6.45, 7) is 9.70. The van der Waals surface area contributed by atoms with Crippen LogP contribution in [0, 0.1) is 5.41 Å². The van der Waals surface area contributed by atoms with Crippen molar-refractivity contribution in [2.24, 2.45) is 5.41 Å². The largest absolute Gasteiger partial charge is 0.321 e. The lowest BCUT2D eigenvalue weighted by Gasteiger charge is -2.19. The molecule has 4 heteroatoms. The Morgan fingerprint density at radius 2 is 1.52 bits per heavy atom. The minimum Gasteiger partial charge on any atom is -0.321 e. The summed E-state index contributed by atoms with van der Waals surface area (Å²) < 4.78 is 0. The average Bonchev–Trinajstić information content (AvgIpc) is 2.61. The van der Waals surface area contributed by atoms with E-state index in [9.17, 15) is 9.59 Å². The summed E-state index contributed by atoms with van der Waals surface area (Å²) in [6.07, 6.45) is 1.70. The third-order valence-electron chi connectivity index (χ3n) is 4.12. The fourth-order valence-corrected chi connectivity index (χ4v) is 2.33. The molecule has 0 fully saturated rings. The van der Waals surface area contributed by atoms with Crippen LogP contribution in [0.4, 0.5) is 5.69 Å². The molecule has 2 N–H and O–H groups in total. The Morgan fingerprint density at radius 1 is 0.926 bits per heavy atom. The SMILES string of the molecule is CC(C)c1ccc(/C=C(/NC(=O)C(C)(C)C)C(=O)Nc2ccccc2)cc1. The highest BCUT2D eigenvalue weighted by molar-refractivity contribution is 6.09. The fraction of sp³-hybridized carbons (Fsp3) is 0.304. The molecule has 0 saturated carbocycles. The number of benzene rings is 2. The molecule has 2 amide bonds. The number of nitrogens with one attached hydrogen (secondary N) is 2. The summed E-state index contributed by atoms with van der Waals surface area (Å²) in [4.78, 5) is 25.2. The second kappa shape index (κ2) is 8.67. The monoisotopic (exact) mass is 364 g/mol. The predicted octanol–water partition coefficient (Wildman–Crippen LogP) is 4.95. The van der Waals surface area contributed by atoms with Gasteiger partial charge in [-0.2, -0.15) is 0 Å². The van der Waals surface area contributed by atoms with Gasteiger partial charge in [0.25, 0.3) is 5.91 Å². The van der Waals surface area contributed by atoms with E-state index in [1.165, 1.54) is 5.56 Å². The Morgan fingerprint density at radius 3 is 2.04 bits per heavy atom. The van der Waals surface area contributed by atoms with Crippen molar-refractivity contribution in [1.29, 1.82) is 0 Å². The van der Waals surface area contributed by atoms with Crippen LogP contribution in [0.5, 0.6) is 0 Å². The lowest BCUT2D eigenvalue weighted by molar-refractivity contribution is -0.128. The van der Waals surface area contributed by atoms with Crippen LogP contribution in [0.1, 0.15) is 51.7 Å². The molecule has 2 aromatic carbocycles. The van der Waals surface area contributed by atoms with Gasteiger partial charge in [0, 0.05) is 11.1 Å². The maximum absolute atomic E-state index is 12.8. The lowest BCUT2D eigenvalue weighted by atomic mass is 9.95. The van der Waals surface area contributed by atoms with Crippen molar-refractivity contribution in [2.75, 3.05) is 5.32 Å². The van der Waals surface area contributed by atoms with Gasteiger partial charge in [-0.25, -0.2) is 0 Å². The first-order valence-corrected chi connectivity index (χ1v) is 9.16. The van der Waals surface area contributed by atoms with E-state index in [1.54, 1.807) is 18.2 Å². The highest BCUT2D eigenvalue weighted by Gasteiger charge is 2.24. The predicted molar refractivity (Wildman–Crippen MR) is 111 cm³/mol. The van der Waals surface area contributed by atoms with Crippen LogP contribution in [0.15, 0.2) is 60.3 Å². The molecular formula is C23H28N2O2. The second-order valence-electron chi connectivity index (χ2n) is 7.90. The number of carbonyl (C=O) groups excluding carboxylic acids is 2. The lowest BCUT2D eigenvalue weighted by Crippen LogP contribution is -2.38. The van der Waals surface area contributed by atoms with E-state index in [1.807, 2.05) is 63.2 Å². The first-order chi connectivity index (χ1) is 12.7. The van der Waals surface area contributed by atoms with E-state index in [4.69, 9.17) is 0 Å². The van der Waals surface area contributed by atoms with Crippen LogP contribution in [0.2, 0.25) is 0 Å². The molecule has 0 aliphatic rings. The molecule has 0 heterocycles. The van der Waals surface area contributed by atoms with Crippen molar-refractivity contribution in [2.45, 2.75) is 40.5 Å². The molecule has 0 saturated heterocycles. The molecule has 2 rings (SSSR count). The number of anilines is 1. The molecule has 0 aliphatic carbocycles. The minimum absolute atomic E-state index is 0.212. The smallest absolute Gasteiger partial charge is 0.272 e. The summed E-state index contributed by atoms with van der Waals surface area (Å²) in [5.74, 6) is -0.132. The zero-order valence-corrected chi connectivity index (χ0v) is 16.7. The molecule has 142 valence electrons. The van der Waals surface area contributed by atoms with Gasteiger partial charge >= 0.3 is 0 Å². The fourth-order valence-electron chi connectivity index (χ4n) is 2.33. The molecule has 0 radical (unpaired) electrons. The summed E-state index contributed by atoms with van der Waals surface area (Å²) in [7, 11) is 0. The Labute approximate surface area is 161 Å². The van der Waals surface area contributed by atoms with E-state index < -0.39 is 5.41 Å². The molecule has 4 nitrogen and oxygen atoms in total. The molecule has 0 unspecified atom stereocenters. The summed E-state index contributed by atoms with van der Waals surface area (Å²) in [6, 6.07) is 17.2. The molecule has 0 aliphatic heterocycles. The van der Waals surface area contributed by atoms with Crippen molar-refractivity contribution in [3.8, 4) is 0 Å². The van der Waals surface area contributed by atoms with E-state index in [0.29, 0.717) is 11.6 Å². The Bertz CT molecular complexity index is 814. The highest BCUT2D eigenvalue weighted by atomic mass is 16.2. The first kappa shape index (κ1) is 20.4. The topological polar surface area (TPSA) is 58.2 Å². The third-order valence-corrected chi connectivity index (χ3v) is 4.12. The van der Waals surface area contributed by atoms with Gasteiger partial charge in [0.2, 0.25) is 5.91 Å². The minimum atomic E-state index is -0.604. The van der Waals surface area contributed by atoms with E-state index >= 15 is 0 Å². The van der Waals surface area contributed by atoms with Gasteiger partial charge in [-0.05, 0) is 35.3 Å². The number of amides is 2. The molecule has 0 atom stereocenters. The second-order valence-corrected chi connectivity index (χ2v) is 7.90. The van der Waals surface area contributed by atoms with Gasteiger partial charge in [0.1, 0.15) is 5.70 Å². The van der Waals surface area contributed by atoms with Gasteiger partial charge in [0.05, 0.1) is 0 Å². The van der Waals surface area contributed by atoms with Crippen LogP contribution in [0.3, 0.4) is 0 Å². The Balaban J connectivity index is 2.30. The summed E-state index contributed by atoms with van der Waals surface area (Å²) >= 11 is 0. The van der Waals surface area contributed by atoms with Crippen LogP contribution >= 0.6 is 0 Å². The standard InChI is InChI=1S/C23H28N2O2/c1-16(2)18-13-11-17(12-14-18)15-20(25-22(27)23(3,4)5)21(26)24-19-9-7-6-8-10-19/h6-16H,1-5H3,(H,24,26)(H,25,27)/b20-15+. The number of carbonyl (C=O) groups is 2. The van der Waals surface area contributed by atoms with E-state index in [-0.39, 0.29) is 17.5 Å². The van der Waals surface area contributed by atoms with Gasteiger partial charge in [0.15, 0.2) is 0 Å². The average molecular weight is 364 g/mol. The zero-order valence-electron chi connectivity index (χ0n) is 16.7. The van der Waals surface area contributed by atoms with Crippen molar-refractivity contribution in [3.05, 3.63) is 71.4 Å². The third kappa shape index (κ3) is 6.10. The molecule has 0 spiro atoms. The number of hydrogen-bond donors (Lipinski definition) is 2. The maximum Gasteiger partial charge on any atom is 0.272 e. The molecule has 27 heavy (non-hydrogen) atoms. The summed E-state index contributed by atoms with van der Waals surface area (Å²) in [5, 5.41) is 5.60. The van der Waals surface area contributed by atoms with Gasteiger partial charge in [-0.3, -0.25) is 9.59 Å². The number of rotatable bonds is 5. The van der Waals surface area contributed by atoms with Crippen molar-refractivity contribution < 1.29 is 9.59 Å². The van der Waals surface area contributed by atoms with Crippen LogP contribution in [-0.4, -0.2) is 11.8 Å². The Hall–Kier alpha value is -2.88. The van der Waals surface area contributed by atoms with Gasteiger partial charge < -0.3 is 10.6 Å². The molecule has 0 bridgehead atoms. The van der Waals surface area contributed by atoms with Crippen LogP contribution in [0.25, 0.3) is 6.08 Å². The molecule has 0 aromatic heterocycles. The van der Waals surface area contributed by atoms with Crippen LogP contribution in [-0.2, 0) is 9.59 Å². The molecular weight excluding hydrogens is 336 g/mol. The van der Waals surface area contributed by atoms with Crippen LogP contribution < -0.4 is 10.6 Å². The Kier molecular flexibility index (Phi) is 6.56. The number of hydrogen-bond acceptors (Lipinski definition) is 2. The van der Waals surface area contributed by atoms with Crippen molar-refractivity contribution in [3.63, 3.8) is 0 Å². The van der Waals surface area contributed by atoms with Gasteiger partial charge in [-0.15, -0.1) is 0 Å².